The summed E-state index contributed by atoms with van der Waals surface area (Å²) in [5, 5.41) is 0. The lowest BCUT2D eigenvalue weighted by molar-refractivity contribution is -0.145. The summed E-state index contributed by atoms with van der Waals surface area (Å²) >= 11 is 0. The van der Waals surface area contributed by atoms with Gasteiger partial charge in [-0.3, -0.25) is 9.59 Å². The van der Waals surface area contributed by atoms with Gasteiger partial charge in [-0.15, -0.1) is 0 Å². The first-order valence-corrected chi connectivity index (χ1v) is 7.25. The number of Topliss-reactive ketones (excluding diaryl/α,β-unsaturated/α-hetero) is 1. The number of esters is 1. The molecule has 112 valence electrons. The molecule has 1 heterocycles. The number of benzene rings is 1. The van der Waals surface area contributed by atoms with Crippen LogP contribution in [0.5, 0.6) is 5.75 Å². The highest BCUT2D eigenvalue weighted by Crippen LogP contribution is 2.60. The molecule has 0 radical (unpaired) electrons. The topological polar surface area (TPSA) is 52.6 Å². The molecule has 0 aromatic heterocycles. The van der Waals surface area contributed by atoms with E-state index in [4.69, 9.17) is 9.47 Å². The molecule has 5 heteroatoms. The molecule has 0 amide bonds. The predicted molar refractivity (Wildman–Crippen MR) is 72.9 cm³/mol. The molecule has 1 saturated carbocycles. The predicted octanol–water partition coefficient (Wildman–Crippen LogP) is 2.70. The lowest BCUT2D eigenvalue weighted by atomic mass is 9.97. The van der Waals surface area contributed by atoms with Crippen LogP contribution in [0.3, 0.4) is 0 Å². The molecule has 0 bridgehead atoms. The Morgan fingerprint density at radius 2 is 2.14 bits per heavy atom. The third kappa shape index (κ3) is 2.11. The molecule has 0 saturated heterocycles. The molecule has 1 aliphatic heterocycles. The molecular formula is C16H17FO4. The lowest BCUT2D eigenvalue weighted by Crippen LogP contribution is -2.14. The summed E-state index contributed by atoms with van der Waals surface area (Å²) in [5.41, 5.74) is 0.769. The third-order valence-electron chi connectivity index (χ3n) is 4.25. The van der Waals surface area contributed by atoms with E-state index in [-0.39, 0.29) is 29.5 Å². The van der Waals surface area contributed by atoms with Crippen molar-refractivity contribution >= 4 is 11.8 Å². The van der Waals surface area contributed by atoms with Gasteiger partial charge in [0.25, 0.3) is 0 Å². The fourth-order valence-electron chi connectivity index (χ4n) is 3.17. The molecule has 0 spiro atoms. The molecule has 1 aromatic carbocycles. The first-order chi connectivity index (χ1) is 10.1. The summed E-state index contributed by atoms with van der Waals surface area (Å²) < 4.78 is 24.8. The smallest absolute Gasteiger partial charge is 0.309 e. The summed E-state index contributed by atoms with van der Waals surface area (Å²) in [4.78, 5) is 23.8. The van der Waals surface area contributed by atoms with Crippen molar-refractivity contribution in [1.82, 2.24) is 0 Å². The van der Waals surface area contributed by atoms with Crippen molar-refractivity contribution in [2.45, 2.75) is 26.2 Å². The molecule has 1 aliphatic carbocycles. The minimum atomic E-state index is -0.417. The van der Waals surface area contributed by atoms with Crippen molar-refractivity contribution in [1.29, 1.82) is 0 Å². The summed E-state index contributed by atoms with van der Waals surface area (Å²) in [5.74, 6) is -1.12. The van der Waals surface area contributed by atoms with Crippen LogP contribution in [-0.2, 0) is 9.53 Å². The Morgan fingerprint density at radius 1 is 1.38 bits per heavy atom. The van der Waals surface area contributed by atoms with Crippen LogP contribution in [0.1, 0.15) is 42.1 Å². The van der Waals surface area contributed by atoms with E-state index in [2.05, 4.69) is 0 Å². The van der Waals surface area contributed by atoms with E-state index in [9.17, 15) is 14.0 Å². The highest BCUT2D eigenvalue weighted by Gasteiger charge is 2.61. The molecule has 1 aromatic rings. The maximum Gasteiger partial charge on any atom is 0.309 e. The number of fused-ring (bicyclic) bond motifs is 3. The number of ketones is 1. The average molecular weight is 292 g/mol. The second kappa shape index (κ2) is 5.13. The summed E-state index contributed by atoms with van der Waals surface area (Å²) in [6.45, 7) is 4.13. The molecule has 2 aliphatic rings. The minimum absolute atomic E-state index is 0.0435. The van der Waals surface area contributed by atoms with E-state index in [1.165, 1.54) is 12.1 Å². The highest BCUT2D eigenvalue weighted by molar-refractivity contribution is 5.99. The quantitative estimate of drug-likeness (QED) is 0.632. The fraction of sp³-hybridized carbons (Fsp3) is 0.500. The molecule has 4 nitrogen and oxygen atoms in total. The second-order valence-corrected chi connectivity index (χ2v) is 5.39. The SMILES string of the molecule is CCOC(=O)C1C2COc3c(C(=O)CC)ccc(F)c3C21. The molecule has 3 atom stereocenters. The van der Waals surface area contributed by atoms with Crippen molar-refractivity contribution in [2.24, 2.45) is 11.8 Å². The Bertz CT molecular complexity index is 611. The van der Waals surface area contributed by atoms with Crippen LogP contribution < -0.4 is 4.74 Å². The van der Waals surface area contributed by atoms with Crippen LogP contribution in [0.4, 0.5) is 4.39 Å². The van der Waals surface area contributed by atoms with Crippen molar-refractivity contribution in [3.05, 3.63) is 29.1 Å². The van der Waals surface area contributed by atoms with E-state index in [0.29, 0.717) is 36.5 Å². The zero-order valence-corrected chi connectivity index (χ0v) is 12.0. The van der Waals surface area contributed by atoms with Gasteiger partial charge >= 0.3 is 5.97 Å². The number of rotatable bonds is 4. The summed E-state index contributed by atoms with van der Waals surface area (Å²) in [6, 6.07) is 2.75. The van der Waals surface area contributed by atoms with Gasteiger partial charge in [0.1, 0.15) is 11.6 Å². The number of hydrogen-bond acceptors (Lipinski definition) is 4. The van der Waals surface area contributed by atoms with Gasteiger partial charge in [-0.05, 0) is 19.1 Å². The van der Waals surface area contributed by atoms with E-state index >= 15 is 0 Å². The van der Waals surface area contributed by atoms with Gasteiger partial charge in [0, 0.05) is 23.8 Å². The number of halogens is 1. The van der Waals surface area contributed by atoms with Crippen LogP contribution in [0.25, 0.3) is 0 Å². The van der Waals surface area contributed by atoms with E-state index in [0.717, 1.165) is 0 Å². The Hall–Kier alpha value is -1.91. The molecule has 3 rings (SSSR count). The lowest BCUT2D eigenvalue weighted by Gasteiger charge is -2.19. The highest BCUT2D eigenvalue weighted by atomic mass is 19.1. The van der Waals surface area contributed by atoms with E-state index in [1.54, 1.807) is 13.8 Å². The van der Waals surface area contributed by atoms with Crippen LogP contribution in [-0.4, -0.2) is 25.0 Å². The standard InChI is InChI=1S/C16H17FO4/c1-3-11(18)8-5-6-10(17)14-12-9(7-21-15(8)14)13(12)16(19)20-4-2/h5-6,9,12-13H,3-4,7H2,1-2H3. The summed E-state index contributed by atoms with van der Waals surface area (Å²) in [6.07, 6.45) is 0.330. The van der Waals surface area contributed by atoms with Gasteiger partial charge in [0.15, 0.2) is 5.78 Å². The number of carbonyl (C=O) groups is 2. The molecule has 3 unspecified atom stereocenters. The summed E-state index contributed by atoms with van der Waals surface area (Å²) in [7, 11) is 0. The molecule has 1 fully saturated rings. The number of hydrogen-bond donors (Lipinski definition) is 0. The van der Waals surface area contributed by atoms with E-state index in [1.807, 2.05) is 0 Å². The largest absolute Gasteiger partial charge is 0.492 e. The zero-order valence-electron chi connectivity index (χ0n) is 12.0. The van der Waals surface area contributed by atoms with Crippen molar-refractivity contribution < 1.29 is 23.5 Å². The molecular weight excluding hydrogens is 275 g/mol. The van der Waals surface area contributed by atoms with Crippen LogP contribution in [0, 0.1) is 17.7 Å². The number of ether oxygens (including phenoxy) is 2. The molecule has 0 N–H and O–H groups in total. The Morgan fingerprint density at radius 3 is 2.81 bits per heavy atom. The first kappa shape index (κ1) is 14.0. The normalized spacial score (nSPS) is 25.4. The second-order valence-electron chi connectivity index (χ2n) is 5.39. The van der Waals surface area contributed by atoms with Gasteiger partial charge in [-0.1, -0.05) is 6.92 Å². The van der Waals surface area contributed by atoms with Gasteiger partial charge < -0.3 is 9.47 Å². The zero-order chi connectivity index (χ0) is 15.1. The van der Waals surface area contributed by atoms with Gasteiger partial charge in [0.2, 0.25) is 0 Å². The van der Waals surface area contributed by atoms with Crippen LogP contribution >= 0.6 is 0 Å². The molecule has 21 heavy (non-hydrogen) atoms. The van der Waals surface area contributed by atoms with Crippen LogP contribution in [0.2, 0.25) is 0 Å². The van der Waals surface area contributed by atoms with Gasteiger partial charge in [0.05, 0.1) is 24.7 Å². The third-order valence-corrected chi connectivity index (χ3v) is 4.25. The van der Waals surface area contributed by atoms with Gasteiger partial charge in [-0.2, -0.15) is 0 Å². The average Bonchev–Trinajstić information content (AvgIpc) is 3.21. The number of carbonyl (C=O) groups excluding carboxylic acids is 2. The van der Waals surface area contributed by atoms with Crippen molar-refractivity contribution in [3.8, 4) is 5.75 Å². The van der Waals surface area contributed by atoms with Crippen molar-refractivity contribution in [3.63, 3.8) is 0 Å². The van der Waals surface area contributed by atoms with Crippen molar-refractivity contribution in [2.75, 3.05) is 13.2 Å². The first-order valence-electron chi connectivity index (χ1n) is 7.25. The Kier molecular flexibility index (Phi) is 3.43. The minimum Gasteiger partial charge on any atom is -0.492 e. The Balaban J connectivity index is 1.99. The van der Waals surface area contributed by atoms with Gasteiger partial charge in [-0.25, -0.2) is 4.39 Å². The van der Waals surface area contributed by atoms with Crippen LogP contribution in [0.15, 0.2) is 12.1 Å². The fourth-order valence-corrected chi connectivity index (χ4v) is 3.17. The maximum absolute atomic E-state index is 14.2. The monoisotopic (exact) mass is 292 g/mol. The maximum atomic E-state index is 14.2. The Labute approximate surface area is 122 Å². The van der Waals surface area contributed by atoms with E-state index < -0.39 is 5.82 Å².